The molecule has 24 heavy (non-hydrogen) atoms. The lowest BCUT2D eigenvalue weighted by Gasteiger charge is -2.09. The van der Waals surface area contributed by atoms with Gasteiger partial charge in [0.05, 0.1) is 0 Å². The molecular weight excluding hydrogens is 288 g/mol. The lowest BCUT2D eigenvalue weighted by atomic mass is 9.96. The first-order chi connectivity index (χ1) is 11.7. The van der Waals surface area contributed by atoms with Crippen LogP contribution in [0.3, 0.4) is 0 Å². The topological polar surface area (TPSA) is 0 Å². The van der Waals surface area contributed by atoms with Crippen molar-refractivity contribution in [3.05, 3.63) is 103 Å². The lowest BCUT2D eigenvalue weighted by Crippen LogP contribution is -1.85. The fourth-order valence-electron chi connectivity index (χ4n) is 3.05. The Labute approximate surface area is 144 Å². The maximum atomic E-state index is 3.73. The molecule has 118 valence electrons. The third kappa shape index (κ3) is 3.23. The zero-order valence-electron chi connectivity index (χ0n) is 14.3. The average Bonchev–Trinajstić information content (AvgIpc) is 2.63. The van der Waals surface area contributed by atoms with E-state index in [1.807, 2.05) is 6.08 Å². The van der Waals surface area contributed by atoms with Crippen molar-refractivity contribution >= 4 is 16.3 Å². The number of benzene rings is 3. The molecule has 0 saturated carbocycles. The predicted octanol–water partition coefficient (Wildman–Crippen LogP) is 6.96. The number of aryl methyl sites for hydroxylation is 1. The van der Waals surface area contributed by atoms with Crippen LogP contribution >= 0.6 is 0 Å². The molecule has 0 heteroatoms. The van der Waals surface area contributed by atoms with Crippen LogP contribution in [0.4, 0.5) is 0 Å². The van der Waals surface area contributed by atoms with Gasteiger partial charge < -0.3 is 0 Å². The quantitative estimate of drug-likeness (QED) is 0.457. The van der Waals surface area contributed by atoms with Crippen molar-refractivity contribution in [1.82, 2.24) is 0 Å². The van der Waals surface area contributed by atoms with Crippen LogP contribution in [-0.2, 0) is 0 Å². The molecule has 3 aromatic carbocycles. The van der Waals surface area contributed by atoms with Crippen molar-refractivity contribution in [2.24, 2.45) is 0 Å². The van der Waals surface area contributed by atoms with Crippen molar-refractivity contribution in [2.75, 3.05) is 0 Å². The minimum absolute atomic E-state index is 1.20. The minimum atomic E-state index is 1.20. The molecule has 3 aromatic rings. The van der Waals surface area contributed by atoms with Crippen molar-refractivity contribution in [1.29, 1.82) is 0 Å². The maximum absolute atomic E-state index is 3.73. The van der Waals surface area contributed by atoms with Crippen LogP contribution in [0, 0.1) is 6.92 Å². The third-order valence-electron chi connectivity index (χ3n) is 4.34. The molecule has 0 aliphatic heterocycles. The van der Waals surface area contributed by atoms with E-state index in [1.54, 1.807) is 6.08 Å². The fourth-order valence-corrected chi connectivity index (χ4v) is 3.05. The van der Waals surface area contributed by atoms with Gasteiger partial charge in [0.1, 0.15) is 0 Å². The maximum Gasteiger partial charge on any atom is -0.0154 e. The first-order valence-corrected chi connectivity index (χ1v) is 8.28. The highest BCUT2D eigenvalue weighted by molar-refractivity contribution is 5.90. The Kier molecular flexibility index (Phi) is 4.77. The van der Waals surface area contributed by atoms with Crippen LogP contribution in [-0.4, -0.2) is 0 Å². The average molecular weight is 310 g/mol. The Morgan fingerprint density at radius 1 is 0.917 bits per heavy atom. The SMILES string of the molecule is C=C/C=C\C(=CC)c1ccc(-c2cc(C)c3ccccc3c2)cc1. The monoisotopic (exact) mass is 310 g/mol. The van der Waals surface area contributed by atoms with Gasteiger partial charge in [-0.2, -0.15) is 0 Å². The van der Waals surface area contributed by atoms with E-state index in [0.717, 1.165) is 0 Å². The summed E-state index contributed by atoms with van der Waals surface area (Å²) >= 11 is 0. The second kappa shape index (κ2) is 7.14. The molecule has 0 nitrogen and oxygen atoms in total. The van der Waals surface area contributed by atoms with E-state index in [4.69, 9.17) is 0 Å². The Hall–Kier alpha value is -2.86. The van der Waals surface area contributed by atoms with Gasteiger partial charge in [-0.3, -0.25) is 0 Å². The molecule has 0 bridgehead atoms. The molecule has 0 aliphatic carbocycles. The Morgan fingerprint density at radius 2 is 1.67 bits per heavy atom. The zero-order chi connectivity index (χ0) is 16.9. The van der Waals surface area contributed by atoms with Gasteiger partial charge in [0.15, 0.2) is 0 Å². The van der Waals surface area contributed by atoms with Crippen LogP contribution in [0.15, 0.2) is 91.5 Å². The van der Waals surface area contributed by atoms with Crippen LogP contribution in [0.1, 0.15) is 18.1 Å². The Morgan fingerprint density at radius 3 is 2.38 bits per heavy atom. The van der Waals surface area contributed by atoms with Gasteiger partial charge in [-0.05, 0) is 58.5 Å². The highest BCUT2D eigenvalue weighted by Crippen LogP contribution is 2.28. The molecule has 3 rings (SSSR count). The van der Waals surface area contributed by atoms with E-state index in [9.17, 15) is 0 Å². The smallest absolute Gasteiger partial charge is 0.0154 e. The van der Waals surface area contributed by atoms with E-state index >= 15 is 0 Å². The standard InChI is InChI=1S/C24H22/c1-4-6-9-19(5-2)20-12-14-21(15-13-20)23-16-18(3)24-11-8-7-10-22(24)17-23/h4-17H,1H2,2-3H3/b9-6-,19-5?. The fraction of sp³-hybridized carbons (Fsp3) is 0.0833. The zero-order valence-corrected chi connectivity index (χ0v) is 14.3. The third-order valence-corrected chi connectivity index (χ3v) is 4.34. The normalized spacial score (nSPS) is 12.0. The molecule has 0 aliphatic rings. The van der Waals surface area contributed by atoms with Crippen LogP contribution < -0.4 is 0 Å². The van der Waals surface area contributed by atoms with Gasteiger partial charge in [-0.25, -0.2) is 0 Å². The van der Waals surface area contributed by atoms with Gasteiger partial charge in [-0.1, -0.05) is 85.5 Å². The molecule has 0 fully saturated rings. The van der Waals surface area contributed by atoms with Gasteiger partial charge in [0.2, 0.25) is 0 Å². The summed E-state index contributed by atoms with van der Waals surface area (Å²) in [6.07, 6.45) is 7.98. The number of allylic oxidation sites excluding steroid dienone is 5. The second-order valence-corrected chi connectivity index (χ2v) is 5.93. The molecule has 0 N–H and O–H groups in total. The first kappa shape index (κ1) is 16.0. The highest BCUT2D eigenvalue weighted by atomic mass is 14.1. The molecular formula is C24H22. The van der Waals surface area contributed by atoms with Crippen molar-refractivity contribution in [3.63, 3.8) is 0 Å². The largest absolute Gasteiger partial charge is 0.0991 e. The summed E-state index contributed by atoms with van der Waals surface area (Å²) in [4.78, 5) is 0. The highest BCUT2D eigenvalue weighted by Gasteiger charge is 2.04. The van der Waals surface area contributed by atoms with Gasteiger partial charge in [0, 0.05) is 0 Å². The van der Waals surface area contributed by atoms with E-state index in [1.165, 1.54) is 38.6 Å². The molecule has 0 atom stereocenters. The van der Waals surface area contributed by atoms with E-state index in [2.05, 4.69) is 93.2 Å². The summed E-state index contributed by atoms with van der Waals surface area (Å²) in [5.74, 6) is 0. The predicted molar refractivity (Wildman–Crippen MR) is 107 cm³/mol. The lowest BCUT2D eigenvalue weighted by molar-refractivity contribution is 1.51. The number of rotatable bonds is 4. The van der Waals surface area contributed by atoms with E-state index in [-0.39, 0.29) is 0 Å². The molecule has 0 radical (unpaired) electrons. The van der Waals surface area contributed by atoms with Crippen LogP contribution in [0.25, 0.3) is 27.5 Å². The van der Waals surface area contributed by atoms with Gasteiger partial charge in [0.25, 0.3) is 0 Å². The minimum Gasteiger partial charge on any atom is -0.0991 e. The molecule has 0 unspecified atom stereocenters. The van der Waals surface area contributed by atoms with Crippen molar-refractivity contribution in [2.45, 2.75) is 13.8 Å². The molecule has 0 heterocycles. The second-order valence-electron chi connectivity index (χ2n) is 5.93. The first-order valence-electron chi connectivity index (χ1n) is 8.28. The van der Waals surface area contributed by atoms with Crippen molar-refractivity contribution in [3.8, 4) is 11.1 Å². The summed E-state index contributed by atoms with van der Waals surface area (Å²) < 4.78 is 0. The van der Waals surface area contributed by atoms with Crippen LogP contribution in [0.2, 0.25) is 0 Å². The summed E-state index contributed by atoms with van der Waals surface area (Å²) in [5.41, 5.74) is 6.25. The molecule has 0 spiro atoms. The molecule has 0 aromatic heterocycles. The number of fused-ring (bicyclic) bond motifs is 1. The van der Waals surface area contributed by atoms with E-state index < -0.39 is 0 Å². The van der Waals surface area contributed by atoms with Gasteiger partial charge >= 0.3 is 0 Å². The number of hydrogen-bond acceptors (Lipinski definition) is 0. The molecule has 0 saturated heterocycles. The summed E-state index contributed by atoms with van der Waals surface area (Å²) in [7, 11) is 0. The van der Waals surface area contributed by atoms with Gasteiger partial charge in [-0.15, -0.1) is 0 Å². The summed E-state index contributed by atoms with van der Waals surface area (Å²) in [6, 6.07) is 21.9. The summed E-state index contributed by atoms with van der Waals surface area (Å²) in [5, 5.41) is 2.61. The van der Waals surface area contributed by atoms with E-state index in [0.29, 0.717) is 0 Å². The molecule has 0 amide bonds. The summed E-state index contributed by atoms with van der Waals surface area (Å²) in [6.45, 7) is 7.97. The Balaban J connectivity index is 1.99. The Bertz CT molecular complexity index is 922. The number of hydrogen-bond donors (Lipinski definition) is 0. The van der Waals surface area contributed by atoms with Crippen LogP contribution in [0.5, 0.6) is 0 Å². The van der Waals surface area contributed by atoms with Crippen molar-refractivity contribution < 1.29 is 0 Å².